The number of carbonyl (C=O) groups excluding carboxylic acids is 1. The third kappa shape index (κ3) is 6.01. The SMILES string of the molecule is CC(C)N(CCS(C)(=O)=O)C(=O)NCc1cccnc1. The number of urea groups is 1. The van der Waals surface area contributed by atoms with Crippen LogP contribution in [0.3, 0.4) is 0 Å². The second kappa shape index (κ2) is 7.23. The molecular formula is C13H21N3O3S. The molecule has 1 rings (SSSR count). The van der Waals surface area contributed by atoms with Gasteiger partial charge in [0, 0.05) is 37.8 Å². The second-order valence-electron chi connectivity index (χ2n) is 4.94. The molecule has 2 amide bonds. The topological polar surface area (TPSA) is 79.4 Å². The lowest BCUT2D eigenvalue weighted by Crippen LogP contribution is -2.45. The van der Waals surface area contributed by atoms with Crippen LogP contribution in [0.25, 0.3) is 0 Å². The van der Waals surface area contributed by atoms with E-state index in [1.165, 1.54) is 11.2 Å². The maximum Gasteiger partial charge on any atom is 0.317 e. The number of carbonyl (C=O) groups is 1. The number of pyridine rings is 1. The molecule has 1 aromatic heterocycles. The summed E-state index contributed by atoms with van der Waals surface area (Å²) in [5.41, 5.74) is 0.896. The standard InChI is InChI=1S/C13H21N3O3S/c1-11(2)16(7-8-20(3,18)19)13(17)15-10-12-5-4-6-14-9-12/h4-6,9,11H,7-8,10H2,1-3H3,(H,15,17). The summed E-state index contributed by atoms with van der Waals surface area (Å²) in [7, 11) is -3.08. The van der Waals surface area contributed by atoms with Gasteiger partial charge in [-0.1, -0.05) is 6.07 Å². The minimum Gasteiger partial charge on any atom is -0.334 e. The molecule has 0 spiro atoms. The van der Waals surface area contributed by atoms with Crippen LogP contribution in [0.15, 0.2) is 24.5 Å². The van der Waals surface area contributed by atoms with E-state index in [0.717, 1.165) is 5.56 Å². The van der Waals surface area contributed by atoms with Crippen molar-refractivity contribution in [3.8, 4) is 0 Å². The fraction of sp³-hybridized carbons (Fsp3) is 0.538. The predicted molar refractivity (Wildman–Crippen MR) is 78.0 cm³/mol. The zero-order valence-electron chi connectivity index (χ0n) is 12.0. The van der Waals surface area contributed by atoms with Gasteiger partial charge in [-0.25, -0.2) is 13.2 Å². The van der Waals surface area contributed by atoms with Gasteiger partial charge in [0.15, 0.2) is 0 Å². The normalized spacial score (nSPS) is 11.4. The maximum atomic E-state index is 12.1. The molecule has 0 atom stereocenters. The van der Waals surface area contributed by atoms with Crippen molar-refractivity contribution >= 4 is 15.9 Å². The van der Waals surface area contributed by atoms with Crippen molar-refractivity contribution in [2.75, 3.05) is 18.6 Å². The average molecular weight is 299 g/mol. The van der Waals surface area contributed by atoms with E-state index in [2.05, 4.69) is 10.3 Å². The Hall–Kier alpha value is -1.63. The Kier molecular flexibility index (Phi) is 5.94. The van der Waals surface area contributed by atoms with Gasteiger partial charge in [-0.3, -0.25) is 4.98 Å². The van der Waals surface area contributed by atoms with Crippen molar-refractivity contribution in [3.05, 3.63) is 30.1 Å². The molecule has 1 heterocycles. The number of hydrogen-bond donors (Lipinski definition) is 1. The lowest BCUT2D eigenvalue weighted by Gasteiger charge is -2.26. The fourth-order valence-corrected chi connectivity index (χ4v) is 2.17. The van der Waals surface area contributed by atoms with E-state index in [0.29, 0.717) is 6.54 Å². The first kappa shape index (κ1) is 16.4. The Bertz CT molecular complexity index is 529. The van der Waals surface area contributed by atoms with Crippen LogP contribution >= 0.6 is 0 Å². The van der Waals surface area contributed by atoms with Gasteiger partial charge in [0.1, 0.15) is 9.84 Å². The maximum absolute atomic E-state index is 12.1. The van der Waals surface area contributed by atoms with Crippen molar-refractivity contribution in [2.24, 2.45) is 0 Å². The van der Waals surface area contributed by atoms with Crippen LogP contribution in [0.2, 0.25) is 0 Å². The molecule has 0 saturated heterocycles. The summed E-state index contributed by atoms with van der Waals surface area (Å²) in [4.78, 5) is 17.6. The van der Waals surface area contributed by atoms with Crippen LogP contribution in [0.1, 0.15) is 19.4 Å². The molecule has 1 N–H and O–H groups in total. The van der Waals surface area contributed by atoms with Crippen LogP contribution < -0.4 is 5.32 Å². The van der Waals surface area contributed by atoms with Gasteiger partial charge in [-0.05, 0) is 25.5 Å². The number of amides is 2. The molecule has 0 aromatic carbocycles. The van der Waals surface area contributed by atoms with E-state index in [9.17, 15) is 13.2 Å². The zero-order valence-corrected chi connectivity index (χ0v) is 12.9. The zero-order chi connectivity index (χ0) is 15.2. The van der Waals surface area contributed by atoms with Crippen LogP contribution in [-0.4, -0.2) is 48.9 Å². The summed E-state index contributed by atoms with van der Waals surface area (Å²) in [5, 5.41) is 2.77. The highest BCUT2D eigenvalue weighted by molar-refractivity contribution is 7.90. The van der Waals surface area contributed by atoms with Gasteiger partial charge < -0.3 is 10.2 Å². The first-order valence-electron chi connectivity index (χ1n) is 6.40. The number of nitrogens with one attached hydrogen (secondary N) is 1. The van der Waals surface area contributed by atoms with E-state index in [4.69, 9.17) is 0 Å². The van der Waals surface area contributed by atoms with E-state index in [-0.39, 0.29) is 24.4 Å². The Morgan fingerprint density at radius 3 is 2.65 bits per heavy atom. The summed E-state index contributed by atoms with van der Waals surface area (Å²) in [6.07, 6.45) is 4.51. The van der Waals surface area contributed by atoms with Gasteiger partial charge in [-0.2, -0.15) is 0 Å². The van der Waals surface area contributed by atoms with Gasteiger partial charge in [-0.15, -0.1) is 0 Å². The lowest BCUT2D eigenvalue weighted by molar-refractivity contribution is 0.187. The molecule has 0 aliphatic carbocycles. The largest absolute Gasteiger partial charge is 0.334 e. The third-order valence-corrected chi connectivity index (χ3v) is 3.68. The molecule has 0 saturated carbocycles. The van der Waals surface area contributed by atoms with Crippen molar-refractivity contribution in [3.63, 3.8) is 0 Å². The molecule has 7 heteroatoms. The molecule has 112 valence electrons. The lowest BCUT2D eigenvalue weighted by atomic mass is 10.3. The van der Waals surface area contributed by atoms with Crippen molar-refractivity contribution in [2.45, 2.75) is 26.4 Å². The number of nitrogens with zero attached hydrogens (tertiary/aromatic N) is 2. The predicted octanol–water partition coefficient (Wildman–Crippen LogP) is 1.05. The fourth-order valence-electron chi connectivity index (χ4n) is 1.64. The van der Waals surface area contributed by atoms with Crippen LogP contribution in [-0.2, 0) is 16.4 Å². The van der Waals surface area contributed by atoms with Crippen LogP contribution in [0.5, 0.6) is 0 Å². The number of aromatic nitrogens is 1. The van der Waals surface area contributed by atoms with E-state index in [1.54, 1.807) is 18.5 Å². The molecule has 0 aliphatic rings. The first-order valence-corrected chi connectivity index (χ1v) is 8.47. The van der Waals surface area contributed by atoms with Crippen LogP contribution in [0.4, 0.5) is 4.79 Å². The monoisotopic (exact) mass is 299 g/mol. The van der Waals surface area contributed by atoms with Crippen molar-refractivity contribution in [1.82, 2.24) is 15.2 Å². The van der Waals surface area contributed by atoms with Gasteiger partial charge >= 0.3 is 6.03 Å². The number of rotatable bonds is 6. The Balaban J connectivity index is 2.56. The Morgan fingerprint density at radius 2 is 2.15 bits per heavy atom. The first-order chi connectivity index (χ1) is 9.29. The Labute approximate surface area is 120 Å². The molecule has 0 fully saturated rings. The van der Waals surface area contributed by atoms with E-state index >= 15 is 0 Å². The molecule has 0 bridgehead atoms. The smallest absolute Gasteiger partial charge is 0.317 e. The van der Waals surface area contributed by atoms with Gasteiger partial charge in [0.25, 0.3) is 0 Å². The molecule has 0 radical (unpaired) electrons. The molecule has 0 unspecified atom stereocenters. The number of hydrogen-bond acceptors (Lipinski definition) is 4. The summed E-state index contributed by atoms with van der Waals surface area (Å²) in [6.45, 7) is 4.27. The van der Waals surface area contributed by atoms with Crippen molar-refractivity contribution in [1.29, 1.82) is 0 Å². The summed E-state index contributed by atoms with van der Waals surface area (Å²) >= 11 is 0. The summed E-state index contributed by atoms with van der Waals surface area (Å²) in [5.74, 6) is -0.0362. The molecule has 20 heavy (non-hydrogen) atoms. The highest BCUT2D eigenvalue weighted by Crippen LogP contribution is 2.02. The minimum atomic E-state index is -3.08. The highest BCUT2D eigenvalue weighted by Gasteiger charge is 2.18. The van der Waals surface area contributed by atoms with Crippen LogP contribution in [0, 0.1) is 0 Å². The van der Waals surface area contributed by atoms with Crippen molar-refractivity contribution < 1.29 is 13.2 Å². The Morgan fingerprint density at radius 1 is 1.45 bits per heavy atom. The average Bonchev–Trinajstić information content (AvgIpc) is 2.36. The van der Waals surface area contributed by atoms with E-state index < -0.39 is 9.84 Å². The minimum absolute atomic E-state index is 0.0362. The second-order valence-corrected chi connectivity index (χ2v) is 7.20. The summed E-state index contributed by atoms with van der Waals surface area (Å²) in [6, 6.07) is 3.33. The highest BCUT2D eigenvalue weighted by atomic mass is 32.2. The molecule has 6 nitrogen and oxygen atoms in total. The molecule has 1 aromatic rings. The van der Waals surface area contributed by atoms with Gasteiger partial charge in [0.05, 0.1) is 5.75 Å². The molecule has 0 aliphatic heterocycles. The van der Waals surface area contributed by atoms with E-state index in [1.807, 2.05) is 19.9 Å². The van der Waals surface area contributed by atoms with Gasteiger partial charge in [0.2, 0.25) is 0 Å². The third-order valence-electron chi connectivity index (χ3n) is 2.75. The molecular weight excluding hydrogens is 278 g/mol. The number of sulfone groups is 1. The summed E-state index contributed by atoms with van der Waals surface area (Å²) < 4.78 is 22.4. The quantitative estimate of drug-likeness (QED) is 0.851.